The zero-order chi connectivity index (χ0) is 14.0. The van der Waals surface area contributed by atoms with E-state index < -0.39 is 0 Å². The van der Waals surface area contributed by atoms with E-state index in [1.54, 1.807) is 11.3 Å². The normalized spacial score (nSPS) is 17.7. The Kier molecular flexibility index (Phi) is 4.51. The first kappa shape index (κ1) is 14.4. The van der Waals surface area contributed by atoms with E-state index in [1.807, 2.05) is 0 Å². The zero-order valence-corrected chi connectivity index (χ0v) is 13.3. The van der Waals surface area contributed by atoms with Crippen LogP contribution in [0.2, 0.25) is 0 Å². The number of nitrogens with zero attached hydrogens (tertiary/aromatic N) is 1. The summed E-state index contributed by atoms with van der Waals surface area (Å²) in [5.41, 5.74) is 2.48. The van der Waals surface area contributed by atoms with E-state index >= 15 is 0 Å². The standard InChI is InChI=1S/C17H25NS/c1-6-15(12(2)3)11-13(4)18-9-7-16-8-10-19-17(16)14(18)5/h7-10,12-13,15H,5-6,11H2,1-4H3. The van der Waals surface area contributed by atoms with Crippen molar-refractivity contribution in [3.05, 3.63) is 34.7 Å². The van der Waals surface area contributed by atoms with Crippen molar-refractivity contribution in [3.8, 4) is 0 Å². The summed E-state index contributed by atoms with van der Waals surface area (Å²) in [6.45, 7) is 13.6. The molecule has 0 radical (unpaired) electrons. The van der Waals surface area contributed by atoms with E-state index in [4.69, 9.17) is 0 Å². The monoisotopic (exact) mass is 275 g/mol. The van der Waals surface area contributed by atoms with Crippen LogP contribution in [0.15, 0.2) is 24.2 Å². The lowest BCUT2D eigenvalue weighted by molar-refractivity contribution is 0.268. The largest absolute Gasteiger partial charge is 0.344 e. The Morgan fingerprint density at radius 1 is 1.32 bits per heavy atom. The van der Waals surface area contributed by atoms with Crippen molar-refractivity contribution in [1.29, 1.82) is 0 Å². The highest BCUT2D eigenvalue weighted by Crippen LogP contribution is 2.35. The van der Waals surface area contributed by atoms with Gasteiger partial charge in [-0.1, -0.05) is 33.8 Å². The maximum absolute atomic E-state index is 4.29. The molecule has 1 aliphatic heterocycles. The Balaban J connectivity index is 2.09. The number of fused-ring (bicyclic) bond motifs is 1. The van der Waals surface area contributed by atoms with Crippen LogP contribution < -0.4 is 0 Å². The predicted molar refractivity (Wildman–Crippen MR) is 86.9 cm³/mol. The molecule has 0 spiro atoms. The summed E-state index contributed by atoms with van der Waals surface area (Å²) in [6.07, 6.45) is 6.91. The maximum atomic E-state index is 4.29. The van der Waals surface area contributed by atoms with Crippen molar-refractivity contribution >= 4 is 23.1 Å². The lowest BCUT2D eigenvalue weighted by atomic mass is 9.87. The average Bonchev–Trinajstić information content (AvgIpc) is 2.84. The second-order valence-corrected chi connectivity index (χ2v) is 6.79. The SMILES string of the molecule is C=C1c2sccc2C=CN1C(C)CC(CC)C(C)C. The molecular weight excluding hydrogens is 250 g/mol. The Morgan fingerprint density at radius 2 is 2.05 bits per heavy atom. The van der Waals surface area contributed by atoms with Gasteiger partial charge in [-0.2, -0.15) is 0 Å². The van der Waals surface area contributed by atoms with Crippen molar-refractivity contribution in [2.75, 3.05) is 0 Å². The van der Waals surface area contributed by atoms with E-state index in [2.05, 4.69) is 62.9 Å². The first-order valence-electron chi connectivity index (χ1n) is 7.27. The van der Waals surface area contributed by atoms with Gasteiger partial charge in [0.15, 0.2) is 0 Å². The summed E-state index contributed by atoms with van der Waals surface area (Å²) in [5.74, 6) is 1.55. The molecule has 1 aromatic heterocycles. The molecule has 104 valence electrons. The second-order valence-electron chi connectivity index (χ2n) is 5.87. The summed E-state index contributed by atoms with van der Waals surface area (Å²) >= 11 is 1.79. The molecule has 0 saturated heterocycles. The van der Waals surface area contributed by atoms with Crippen LogP contribution in [-0.2, 0) is 0 Å². The molecule has 1 nitrogen and oxygen atoms in total. The highest BCUT2D eigenvalue weighted by Gasteiger charge is 2.23. The summed E-state index contributed by atoms with van der Waals surface area (Å²) in [5, 5.41) is 2.15. The van der Waals surface area contributed by atoms with E-state index in [0.717, 1.165) is 11.8 Å². The van der Waals surface area contributed by atoms with E-state index in [9.17, 15) is 0 Å². The van der Waals surface area contributed by atoms with Crippen molar-refractivity contribution in [3.63, 3.8) is 0 Å². The van der Waals surface area contributed by atoms with Crippen LogP contribution in [-0.4, -0.2) is 10.9 Å². The number of hydrogen-bond acceptors (Lipinski definition) is 2. The van der Waals surface area contributed by atoms with Crippen LogP contribution in [0.25, 0.3) is 11.8 Å². The van der Waals surface area contributed by atoms with Crippen LogP contribution in [0, 0.1) is 11.8 Å². The lowest BCUT2D eigenvalue weighted by Crippen LogP contribution is -2.30. The molecule has 1 aromatic rings. The number of rotatable bonds is 5. The highest BCUT2D eigenvalue weighted by molar-refractivity contribution is 7.11. The molecule has 2 atom stereocenters. The minimum absolute atomic E-state index is 0.520. The molecular formula is C17H25NS. The van der Waals surface area contributed by atoms with Crippen LogP contribution >= 0.6 is 11.3 Å². The van der Waals surface area contributed by atoms with Crippen LogP contribution in [0.1, 0.15) is 51.0 Å². The van der Waals surface area contributed by atoms with Gasteiger partial charge in [-0.05, 0) is 48.3 Å². The Labute approximate surface area is 121 Å². The van der Waals surface area contributed by atoms with Crippen LogP contribution in [0.3, 0.4) is 0 Å². The number of thiophene rings is 1. The van der Waals surface area contributed by atoms with Crippen molar-refractivity contribution < 1.29 is 0 Å². The predicted octanol–water partition coefficient (Wildman–Crippen LogP) is 5.47. The topological polar surface area (TPSA) is 3.24 Å². The van der Waals surface area contributed by atoms with Gasteiger partial charge in [0.25, 0.3) is 0 Å². The molecule has 2 heteroatoms. The summed E-state index contributed by atoms with van der Waals surface area (Å²) in [7, 11) is 0. The molecule has 0 aromatic carbocycles. The third-order valence-electron chi connectivity index (χ3n) is 4.27. The lowest BCUT2D eigenvalue weighted by Gasteiger charge is -2.34. The minimum Gasteiger partial charge on any atom is -0.344 e. The van der Waals surface area contributed by atoms with Gasteiger partial charge >= 0.3 is 0 Å². The van der Waals surface area contributed by atoms with Gasteiger partial charge in [-0.3, -0.25) is 0 Å². The first-order chi connectivity index (χ1) is 9.04. The fourth-order valence-electron chi connectivity index (χ4n) is 2.93. The quantitative estimate of drug-likeness (QED) is 0.689. The fourth-order valence-corrected chi connectivity index (χ4v) is 3.79. The van der Waals surface area contributed by atoms with E-state index in [-0.39, 0.29) is 0 Å². The molecule has 0 N–H and O–H groups in total. The Hall–Kier alpha value is -1.02. The number of hydrogen-bond donors (Lipinski definition) is 0. The zero-order valence-electron chi connectivity index (χ0n) is 12.5. The summed E-state index contributed by atoms with van der Waals surface area (Å²) < 4.78 is 0. The van der Waals surface area contributed by atoms with Gasteiger partial charge in [0.1, 0.15) is 0 Å². The minimum atomic E-state index is 0.520. The van der Waals surface area contributed by atoms with Crippen molar-refractivity contribution in [2.45, 2.75) is 46.6 Å². The molecule has 19 heavy (non-hydrogen) atoms. The fraction of sp³-hybridized carbons (Fsp3) is 0.529. The maximum Gasteiger partial charge on any atom is 0.0574 e. The van der Waals surface area contributed by atoms with E-state index in [0.29, 0.717) is 6.04 Å². The van der Waals surface area contributed by atoms with Gasteiger partial charge in [-0.15, -0.1) is 11.3 Å². The smallest absolute Gasteiger partial charge is 0.0574 e. The van der Waals surface area contributed by atoms with Gasteiger partial charge in [0, 0.05) is 12.2 Å². The molecule has 2 rings (SSSR count). The highest BCUT2D eigenvalue weighted by atomic mass is 32.1. The third kappa shape index (κ3) is 2.94. The summed E-state index contributed by atoms with van der Waals surface area (Å²) in [4.78, 5) is 3.68. The first-order valence-corrected chi connectivity index (χ1v) is 8.15. The molecule has 0 bridgehead atoms. The van der Waals surface area contributed by atoms with Crippen LogP contribution in [0.5, 0.6) is 0 Å². The van der Waals surface area contributed by atoms with Crippen molar-refractivity contribution in [1.82, 2.24) is 4.90 Å². The van der Waals surface area contributed by atoms with Crippen molar-refractivity contribution in [2.24, 2.45) is 11.8 Å². The third-order valence-corrected chi connectivity index (χ3v) is 5.25. The summed E-state index contributed by atoms with van der Waals surface area (Å²) in [6, 6.07) is 2.69. The van der Waals surface area contributed by atoms with E-state index in [1.165, 1.54) is 29.0 Å². The molecule has 1 aliphatic rings. The molecule has 0 aliphatic carbocycles. The Bertz CT molecular complexity index is 469. The van der Waals surface area contributed by atoms with Gasteiger partial charge < -0.3 is 4.90 Å². The average molecular weight is 275 g/mol. The molecule has 2 unspecified atom stereocenters. The van der Waals surface area contributed by atoms with Gasteiger partial charge in [-0.25, -0.2) is 0 Å². The molecule has 0 amide bonds. The molecule has 0 fully saturated rings. The molecule has 0 saturated carbocycles. The van der Waals surface area contributed by atoms with Gasteiger partial charge in [0.05, 0.1) is 10.6 Å². The van der Waals surface area contributed by atoms with Gasteiger partial charge in [0.2, 0.25) is 0 Å². The van der Waals surface area contributed by atoms with Crippen LogP contribution in [0.4, 0.5) is 0 Å². The Morgan fingerprint density at radius 3 is 2.68 bits per heavy atom. The second kappa shape index (κ2) is 5.96. The molecule has 2 heterocycles.